The molecule has 2 saturated carbocycles. The zero-order valence-electron chi connectivity index (χ0n) is 16.6. The molecule has 1 N–H and O–H groups in total. The van der Waals surface area contributed by atoms with Gasteiger partial charge in [0.15, 0.2) is 17.1 Å². The Hall–Kier alpha value is -2.22. The molecule has 0 amide bonds. The maximum atomic E-state index is 13.4. The van der Waals surface area contributed by atoms with Crippen LogP contribution in [0.3, 0.4) is 0 Å². The minimum atomic E-state index is -4.65. The standard InChI is InChI=1S/C23H21F3O5/c24-23(25,26)22(28)7-12-5-13(22)6-15(12)21-8-16-17(18(29-9-21)19(21)30-16)31-20(27)14-4-10-1-2-11(14)3-10/h1-2,6,10-14,28H,3-5,7-9H2. The van der Waals surface area contributed by atoms with Crippen LogP contribution in [0, 0.1) is 29.6 Å². The number of rotatable bonds is 3. The molecule has 7 rings (SSSR count). The van der Waals surface area contributed by atoms with Crippen LogP contribution in [-0.2, 0) is 16.6 Å². The predicted octanol–water partition coefficient (Wildman–Crippen LogP) is 3.84. The molecule has 0 spiro atoms. The normalized spacial score (nSPS) is 43.1. The molecule has 8 heteroatoms. The summed E-state index contributed by atoms with van der Waals surface area (Å²) in [5.74, 6) is 0.830. The molecule has 5 nitrogen and oxygen atoms in total. The monoisotopic (exact) mass is 434 g/mol. The molecule has 3 heterocycles. The number of alkyl halides is 3. The van der Waals surface area contributed by atoms with Gasteiger partial charge >= 0.3 is 12.1 Å². The van der Waals surface area contributed by atoms with Crippen molar-refractivity contribution in [3.63, 3.8) is 0 Å². The van der Waals surface area contributed by atoms with Crippen molar-refractivity contribution in [1.29, 1.82) is 0 Å². The number of hydrogen-bond donors (Lipinski definition) is 1. The van der Waals surface area contributed by atoms with Crippen molar-refractivity contribution in [3.8, 4) is 11.5 Å². The van der Waals surface area contributed by atoms with Crippen molar-refractivity contribution in [2.75, 3.05) is 6.61 Å². The Morgan fingerprint density at radius 1 is 1.23 bits per heavy atom. The number of carbonyl (C=O) groups is 1. The minimum Gasteiger partial charge on any atom is -0.485 e. The lowest BCUT2D eigenvalue weighted by atomic mass is 9.69. The molecule has 0 radical (unpaired) electrons. The molecular formula is C23H21F3O5. The minimum absolute atomic E-state index is 0.146. The van der Waals surface area contributed by atoms with E-state index in [2.05, 4.69) is 12.2 Å². The molecule has 2 fully saturated rings. The van der Waals surface area contributed by atoms with E-state index in [1.54, 1.807) is 6.08 Å². The third-order valence-corrected chi connectivity index (χ3v) is 8.61. The second-order valence-electron chi connectivity index (χ2n) is 10.2. The molecule has 7 atom stereocenters. The molecule has 6 bridgehead atoms. The first-order chi connectivity index (χ1) is 14.7. The summed E-state index contributed by atoms with van der Waals surface area (Å²) in [5, 5.41) is 10.3. The highest BCUT2D eigenvalue weighted by Gasteiger charge is 2.68. The molecule has 164 valence electrons. The molecule has 0 aromatic carbocycles. The van der Waals surface area contributed by atoms with E-state index in [0.717, 1.165) is 18.4 Å². The van der Waals surface area contributed by atoms with Gasteiger partial charge in [0.25, 0.3) is 0 Å². The van der Waals surface area contributed by atoms with Crippen molar-refractivity contribution >= 4 is 5.97 Å². The Morgan fingerprint density at radius 2 is 2.06 bits per heavy atom. The SMILES string of the molecule is O=C(Oc1c2oc3c1OCC3(C1=CC3CC1CC3(O)C(F)(F)F)C2)C1CC2C=CC1C2. The lowest BCUT2D eigenvalue weighted by molar-refractivity contribution is -0.269. The molecule has 31 heavy (non-hydrogen) atoms. The smallest absolute Gasteiger partial charge is 0.417 e. The molecule has 4 aliphatic carbocycles. The number of ether oxygens (including phenoxy) is 2. The van der Waals surface area contributed by atoms with E-state index in [1.165, 1.54) is 0 Å². The Labute approximate surface area is 175 Å². The lowest BCUT2D eigenvalue weighted by Crippen LogP contribution is -2.49. The van der Waals surface area contributed by atoms with Crippen LogP contribution in [0.1, 0.15) is 37.2 Å². The Morgan fingerprint density at radius 3 is 2.71 bits per heavy atom. The zero-order valence-corrected chi connectivity index (χ0v) is 16.6. The Kier molecular flexibility index (Phi) is 3.19. The second-order valence-corrected chi connectivity index (χ2v) is 10.2. The average molecular weight is 434 g/mol. The fraction of sp³-hybridized carbons (Fsp3) is 0.609. The van der Waals surface area contributed by atoms with Crippen LogP contribution in [0.2, 0.25) is 0 Å². The number of carbonyl (C=O) groups excluding carboxylic acids is 1. The highest BCUT2D eigenvalue weighted by Crippen LogP contribution is 2.66. The van der Waals surface area contributed by atoms with Crippen molar-refractivity contribution in [1.82, 2.24) is 0 Å². The summed E-state index contributed by atoms with van der Waals surface area (Å²) < 4.78 is 57.8. The summed E-state index contributed by atoms with van der Waals surface area (Å²) in [5.41, 5.74) is -2.40. The number of fused-ring (bicyclic) bond motifs is 5. The van der Waals surface area contributed by atoms with Crippen LogP contribution in [0.4, 0.5) is 13.2 Å². The fourth-order valence-corrected chi connectivity index (χ4v) is 7.11. The van der Waals surface area contributed by atoms with E-state index in [-0.39, 0.29) is 43.2 Å². The van der Waals surface area contributed by atoms with Gasteiger partial charge in [-0.3, -0.25) is 4.79 Å². The van der Waals surface area contributed by atoms with Crippen molar-refractivity contribution in [2.45, 2.75) is 49.3 Å². The van der Waals surface area contributed by atoms with Gasteiger partial charge in [0.2, 0.25) is 11.5 Å². The van der Waals surface area contributed by atoms with Gasteiger partial charge in [-0.1, -0.05) is 23.8 Å². The van der Waals surface area contributed by atoms with Crippen LogP contribution < -0.4 is 9.47 Å². The predicted molar refractivity (Wildman–Crippen MR) is 99.4 cm³/mol. The largest absolute Gasteiger partial charge is 0.485 e. The summed E-state index contributed by atoms with van der Waals surface area (Å²) in [6.45, 7) is 0.262. The molecule has 0 saturated heterocycles. The van der Waals surface area contributed by atoms with Gasteiger partial charge in [-0.25, -0.2) is 0 Å². The molecule has 1 aromatic heterocycles. The van der Waals surface area contributed by atoms with Crippen LogP contribution in [0.25, 0.3) is 0 Å². The van der Waals surface area contributed by atoms with Crippen LogP contribution in [-0.4, -0.2) is 29.5 Å². The summed E-state index contributed by atoms with van der Waals surface area (Å²) in [6.07, 6.45) is 3.40. The summed E-state index contributed by atoms with van der Waals surface area (Å²) in [7, 11) is 0. The highest BCUT2D eigenvalue weighted by molar-refractivity contribution is 5.79. The second kappa shape index (κ2) is 5.39. The molecular weight excluding hydrogens is 413 g/mol. The van der Waals surface area contributed by atoms with Crippen LogP contribution in [0.15, 0.2) is 28.2 Å². The topological polar surface area (TPSA) is 68.9 Å². The lowest BCUT2D eigenvalue weighted by Gasteiger charge is -2.36. The fourth-order valence-electron chi connectivity index (χ4n) is 7.11. The third kappa shape index (κ3) is 2.10. The molecule has 7 unspecified atom stereocenters. The van der Waals surface area contributed by atoms with E-state index in [4.69, 9.17) is 13.9 Å². The Bertz CT molecular complexity index is 1080. The first kappa shape index (κ1) is 18.4. The maximum Gasteiger partial charge on any atom is 0.417 e. The zero-order chi connectivity index (χ0) is 21.3. The Balaban J connectivity index is 1.17. The van der Waals surface area contributed by atoms with Crippen molar-refractivity contribution < 1.29 is 37.0 Å². The van der Waals surface area contributed by atoms with E-state index in [1.807, 2.05) is 0 Å². The highest BCUT2D eigenvalue weighted by atomic mass is 19.4. The van der Waals surface area contributed by atoms with Gasteiger partial charge in [0, 0.05) is 12.3 Å². The number of furan rings is 1. The van der Waals surface area contributed by atoms with Gasteiger partial charge in [0.1, 0.15) is 6.61 Å². The first-order valence-electron chi connectivity index (χ1n) is 10.9. The van der Waals surface area contributed by atoms with E-state index >= 15 is 0 Å². The van der Waals surface area contributed by atoms with Gasteiger partial charge in [-0.2, -0.15) is 13.2 Å². The molecule has 1 aromatic rings. The summed E-state index contributed by atoms with van der Waals surface area (Å²) >= 11 is 0. The number of allylic oxidation sites excluding steroid dienone is 2. The van der Waals surface area contributed by atoms with Crippen LogP contribution >= 0.6 is 0 Å². The molecule has 2 aliphatic heterocycles. The summed E-state index contributed by atoms with van der Waals surface area (Å²) in [4.78, 5) is 12.8. The van der Waals surface area contributed by atoms with Gasteiger partial charge in [-0.05, 0) is 43.4 Å². The summed E-state index contributed by atoms with van der Waals surface area (Å²) in [6, 6.07) is 0. The number of hydrogen-bond acceptors (Lipinski definition) is 5. The number of esters is 1. The third-order valence-electron chi connectivity index (χ3n) is 8.61. The average Bonchev–Trinajstić information content (AvgIpc) is 3.52. The van der Waals surface area contributed by atoms with E-state index < -0.39 is 23.1 Å². The van der Waals surface area contributed by atoms with Gasteiger partial charge < -0.3 is 19.0 Å². The van der Waals surface area contributed by atoms with Gasteiger partial charge in [-0.15, -0.1) is 0 Å². The van der Waals surface area contributed by atoms with Crippen molar-refractivity contribution in [3.05, 3.63) is 35.3 Å². The van der Waals surface area contributed by atoms with Crippen molar-refractivity contribution in [2.24, 2.45) is 29.6 Å². The van der Waals surface area contributed by atoms with E-state index in [9.17, 15) is 23.1 Å². The number of aliphatic hydroxyl groups is 1. The quantitative estimate of drug-likeness (QED) is 0.578. The first-order valence-corrected chi connectivity index (χ1v) is 10.9. The van der Waals surface area contributed by atoms with E-state index in [0.29, 0.717) is 35.4 Å². The van der Waals surface area contributed by atoms with Crippen LogP contribution in [0.5, 0.6) is 11.5 Å². The number of halogens is 3. The van der Waals surface area contributed by atoms with Gasteiger partial charge in [0.05, 0.1) is 11.3 Å². The maximum absolute atomic E-state index is 13.4. The molecule has 6 aliphatic rings.